The number of ether oxygens (including phenoxy) is 1. The zero-order chi connectivity index (χ0) is 21.0. The molecule has 3 heterocycles. The van der Waals surface area contributed by atoms with Gasteiger partial charge in [0.15, 0.2) is 0 Å². The first-order valence-electron chi connectivity index (χ1n) is 11.0. The highest BCUT2D eigenvalue weighted by molar-refractivity contribution is 7.98. The Morgan fingerprint density at radius 1 is 1.06 bits per heavy atom. The Labute approximate surface area is 191 Å². The number of hydrogen-bond acceptors (Lipinski definition) is 7. The van der Waals surface area contributed by atoms with E-state index in [1.165, 1.54) is 29.7 Å². The van der Waals surface area contributed by atoms with E-state index in [1.54, 1.807) is 11.8 Å². The molecule has 1 fully saturated rings. The van der Waals surface area contributed by atoms with Crippen molar-refractivity contribution in [1.29, 1.82) is 0 Å². The molecule has 1 saturated heterocycles. The van der Waals surface area contributed by atoms with Crippen molar-refractivity contribution in [3.05, 3.63) is 46.1 Å². The zero-order valence-corrected chi connectivity index (χ0v) is 19.1. The predicted octanol–water partition coefficient (Wildman–Crippen LogP) is 3.69. The SMILES string of the molecule is Clc1ccc(CSc2nc3nc4c(c(NCCN5CCOCC5)n3n2)CCCC4)cc1. The largest absolute Gasteiger partial charge is 0.379 e. The molecule has 0 unspecified atom stereocenters. The summed E-state index contributed by atoms with van der Waals surface area (Å²) in [5, 5.41) is 9.98. The lowest BCUT2D eigenvalue weighted by Gasteiger charge is -2.27. The van der Waals surface area contributed by atoms with Crippen LogP contribution < -0.4 is 5.32 Å². The number of nitrogens with zero attached hydrogens (tertiary/aromatic N) is 5. The fourth-order valence-electron chi connectivity index (χ4n) is 4.15. The number of fused-ring (bicyclic) bond motifs is 2. The number of morpholine rings is 1. The minimum atomic E-state index is 0.688. The molecule has 0 atom stereocenters. The van der Waals surface area contributed by atoms with Gasteiger partial charge < -0.3 is 10.1 Å². The summed E-state index contributed by atoms with van der Waals surface area (Å²) < 4.78 is 7.37. The van der Waals surface area contributed by atoms with Gasteiger partial charge in [-0.1, -0.05) is 35.5 Å². The Morgan fingerprint density at radius 2 is 1.87 bits per heavy atom. The van der Waals surface area contributed by atoms with Gasteiger partial charge in [-0.05, 0) is 43.4 Å². The molecule has 5 rings (SSSR count). The summed E-state index contributed by atoms with van der Waals surface area (Å²) in [5.74, 6) is 2.56. The van der Waals surface area contributed by atoms with Crippen molar-refractivity contribution in [2.24, 2.45) is 0 Å². The first-order valence-corrected chi connectivity index (χ1v) is 12.3. The highest BCUT2D eigenvalue weighted by Crippen LogP contribution is 2.29. The summed E-state index contributed by atoms with van der Waals surface area (Å²) in [6.07, 6.45) is 4.45. The highest BCUT2D eigenvalue weighted by atomic mass is 35.5. The van der Waals surface area contributed by atoms with Gasteiger partial charge >= 0.3 is 0 Å². The monoisotopic (exact) mass is 458 g/mol. The lowest BCUT2D eigenvalue weighted by atomic mass is 9.96. The second-order valence-electron chi connectivity index (χ2n) is 7.99. The van der Waals surface area contributed by atoms with Gasteiger partial charge in [-0.3, -0.25) is 4.90 Å². The van der Waals surface area contributed by atoms with Crippen LogP contribution in [0.4, 0.5) is 5.82 Å². The molecule has 1 aliphatic heterocycles. The number of aryl methyl sites for hydroxylation is 1. The molecule has 7 nitrogen and oxygen atoms in total. The molecule has 0 saturated carbocycles. The third kappa shape index (κ3) is 4.98. The summed E-state index contributed by atoms with van der Waals surface area (Å²) in [5.41, 5.74) is 3.68. The van der Waals surface area contributed by atoms with Crippen LogP contribution in [0.1, 0.15) is 29.7 Å². The van der Waals surface area contributed by atoms with Crippen molar-refractivity contribution in [3.8, 4) is 0 Å². The topological polar surface area (TPSA) is 67.6 Å². The van der Waals surface area contributed by atoms with Crippen LogP contribution in [0.3, 0.4) is 0 Å². The fourth-order valence-corrected chi connectivity index (χ4v) is 5.05. The van der Waals surface area contributed by atoms with E-state index >= 15 is 0 Å². The molecule has 3 aromatic rings. The summed E-state index contributed by atoms with van der Waals surface area (Å²) in [4.78, 5) is 12.0. The number of anilines is 1. The first-order chi connectivity index (χ1) is 15.3. The minimum Gasteiger partial charge on any atom is -0.379 e. The Kier molecular flexibility index (Phi) is 6.59. The van der Waals surface area contributed by atoms with Crippen LogP contribution >= 0.6 is 23.4 Å². The van der Waals surface area contributed by atoms with Crippen molar-refractivity contribution in [1.82, 2.24) is 24.5 Å². The van der Waals surface area contributed by atoms with Gasteiger partial charge in [-0.2, -0.15) is 9.50 Å². The third-order valence-corrected chi connectivity index (χ3v) is 7.01. The number of rotatable bonds is 7. The average Bonchev–Trinajstić information content (AvgIpc) is 3.21. The normalized spacial score (nSPS) is 17.1. The van der Waals surface area contributed by atoms with Gasteiger partial charge in [-0.15, -0.1) is 5.10 Å². The molecule has 31 heavy (non-hydrogen) atoms. The van der Waals surface area contributed by atoms with Gasteiger partial charge in [0.05, 0.1) is 18.9 Å². The van der Waals surface area contributed by atoms with Crippen LogP contribution in [0.25, 0.3) is 5.78 Å². The summed E-state index contributed by atoms with van der Waals surface area (Å²) in [6.45, 7) is 5.52. The van der Waals surface area contributed by atoms with E-state index in [9.17, 15) is 0 Å². The minimum absolute atomic E-state index is 0.688. The van der Waals surface area contributed by atoms with Crippen LogP contribution in [0.15, 0.2) is 29.4 Å². The Hall–Kier alpha value is -1.87. The fraction of sp³-hybridized carbons (Fsp3) is 0.500. The van der Waals surface area contributed by atoms with Crippen LogP contribution in [0.5, 0.6) is 0 Å². The summed E-state index contributed by atoms with van der Waals surface area (Å²) in [7, 11) is 0. The van der Waals surface area contributed by atoms with E-state index in [2.05, 4.69) is 10.2 Å². The van der Waals surface area contributed by atoms with Gasteiger partial charge in [0.1, 0.15) is 5.82 Å². The van der Waals surface area contributed by atoms with Crippen molar-refractivity contribution >= 4 is 35.0 Å². The van der Waals surface area contributed by atoms with Crippen molar-refractivity contribution in [3.63, 3.8) is 0 Å². The summed E-state index contributed by atoms with van der Waals surface area (Å²) >= 11 is 7.62. The molecule has 9 heteroatoms. The molecule has 2 aliphatic rings. The molecule has 1 N–H and O–H groups in total. The lowest BCUT2D eigenvalue weighted by molar-refractivity contribution is 0.0398. The molecule has 2 aromatic heterocycles. The number of hydrogen-bond donors (Lipinski definition) is 1. The zero-order valence-electron chi connectivity index (χ0n) is 17.5. The van der Waals surface area contributed by atoms with E-state index in [-0.39, 0.29) is 0 Å². The van der Waals surface area contributed by atoms with Gasteiger partial charge in [0, 0.05) is 42.5 Å². The molecule has 1 aliphatic carbocycles. The first kappa shape index (κ1) is 21.0. The van der Waals surface area contributed by atoms with Crippen molar-refractivity contribution in [2.75, 3.05) is 44.7 Å². The van der Waals surface area contributed by atoms with E-state index in [0.717, 1.165) is 74.0 Å². The molecule has 0 amide bonds. The standard InChI is InChI=1S/C22H27ClN6OS/c23-17-7-5-16(6-8-17)15-31-22-26-21-25-19-4-2-1-3-18(19)20(29(21)27-22)24-9-10-28-11-13-30-14-12-28/h5-8,24H,1-4,9-15H2. The number of thioether (sulfide) groups is 1. The van der Waals surface area contributed by atoms with E-state index in [4.69, 9.17) is 31.4 Å². The number of halogens is 1. The van der Waals surface area contributed by atoms with Gasteiger partial charge in [-0.25, -0.2) is 4.98 Å². The second kappa shape index (κ2) is 9.73. The van der Waals surface area contributed by atoms with Crippen molar-refractivity contribution < 1.29 is 4.74 Å². The van der Waals surface area contributed by atoms with E-state index in [0.29, 0.717) is 5.78 Å². The average molecular weight is 459 g/mol. The highest BCUT2D eigenvalue weighted by Gasteiger charge is 2.21. The molecule has 1 aromatic carbocycles. The molecule has 0 spiro atoms. The smallest absolute Gasteiger partial charge is 0.255 e. The van der Waals surface area contributed by atoms with Crippen LogP contribution in [-0.4, -0.2) is 63.9 Å². The van der Waals surface area contributed by atoms with Crippen LogP contribution in [0.2, 0.25) is 5.02 Å². The number of nitrogens with one attached hydrogen (secondary N) is 1. The number of aromatic nitrogens is 4. The Morgan fingerprint density at radius 3 is 2.71 bits per heavy atom. The predicted molar refractivity (Wildman–Crippen MR) is 124 cm³/mol. The van der Waals surface area contributed by atoms with Gasteiger partial charge in [0.2, 0.25) is 5.16 Å². The van der Waals surface area contributed by atoms with Gasteiger partial charge in [0.25, 0.3) is 5.78 Å². The van der Waals surface area contributed by atoms with Crippen molar-refractivity contribution in [2.45, 2.75) is 36.6 Å². The maximum Gasteiger partial charge on any atom is 0.255 e. The lowest BCUT2D eigenvalue weighted by Crippen LogP contribution is -2.39. The quantitative estimate of drug-likeness (QED) is 0.541. The molecular formula is C22H27ClN6OS. The number of benzene rings is 1. The maximum absolute atomic E-state index is 5.99. The van der Waals surface area contributed by atoms with Crippen LogP contribution in [0, 0.1) is 0 Å². The molecule has 0 radical (unpaired) electrons. The second-order valence-corrected chi connectivity index (χ2v) is 9.37. The summed E-state index contributed by atoms with van der Waals surface area (Å²) in [6, 6.07) is 7.92. The Bertz CT molecular complexity index is 1030. The van der Waals surface area contributed by atoms with Crippen LogP contribution in [-0.2, 0) is 23.3 Å². The molecule has 164 valence electrons. The molecular weight excluding hydrogens is 432 g/mol. The molecule has 0 bridgehead atoms. The third-order valence-electron chi connectivity index (χ3n) is 5.85. The Balaban J connectivity index is 1.35. The van der Waals surface area contributed by atoms with E-state index in [1.807, 2.05) is 28.8 Å². The van der Waals surface area contributed by atoms with E-state index < -0.39 is 0 Å². The maximum atomic E-state index is 5.99.